The Bertz CT molecular complexity index is 422. The van der Waals surface area contributed by atoms with Crippen LogP contribution < -0.4 is 2.89 Å². The summed E-state index contributed by atoms with van der Waals surface area (Å²) >= 11 is 4.06. The molecule has 0 spiro atoms. The number of hydrogen-bond acceptors (Lipinski definition) is 1. The van der Waals surface area contributed by atoms with E-state index >= 15 is 0 Å². The molecule has 3 heteroatoms. The molecule has 16 heavy (non-hydrogen) atoms. The summed E-state index contributed by atoms with van der Waals surface area (Å²) in [5, 5.41) is 0. The van der Waals surface area contributed by atoms with Crippen molar-refractivity contribution >= 4 is 48.5 Å². The van der Waals surface area contributed by atoms with Crippen molar-refractivity contribution in [2.24, 2.45) is 0 Å². The minimum absolute atomic E-state index is 0.896. The number of halogens is 1. The third kappa shape index (κ3) is 1.74. The molecule has 88 valence electrons. The molecule has 0 N–H and O–H groups in total. The third-order valence-electron chi connectivity index (χ3n) is 4.16. The van der Waals surface area contributed by atoms with Crippen LogP contribution in [0.2, 0.25) is 14.8 Å². The van der Waals surface area contributed by atoms with Gasteiger partial charge in [-0.25, -0.2) is 0 Å². The molecule has 1 aromatic heterocycles. The van der Waals surface area contributed by atoms with Crippen molar-refractivity contribution in [1.29, 1.82) is 0 Å². The molecule has 3 aliphatic carbocycles. The van der Waals surface area contributed by atoms with Crippen LogP contribution in [0, 0.1) is 0 Å². The molecule has 1 saturated carbocycles. The second kappa shape index (κ2) is 3.99. The zero-order chi connectivity index (χ0) is 11.5. The quantitative estimate of drug-likeness (QED) is 0.588. The van der Waals surface area contributed by atoms with Gasteiger partial charge in [-0.2, -0.15) is 0 Å². The van der Waals surface area contributed by atoms with Gasteiger partial charge in [0.2, 0.25) is 0 Å². The average Bonchev–Trinajstić information content (AvgIpc) is 2.60. The summed E-state index contributed by atoms with van der Waals surface area (Å²) in [4.78, 5) is 7.69. The second-order valence-corrected chi connectivity index (χ2v) is 24.0. The molecule has 0 nitrogen and oxygen atoms in total. The van der Waals surface area contributed by atoms with E-state index in [1.807, 2.05) is 8.46 Å². The van der Waals surface area contributed by atoms with Gasteiger partial charge in [-0.15, -0.1) is 0 Å². The van der Waals surface area contributed by atoms with Gasteiger partial charge in [-0.3, -0.25) is 0 Å². The van der Waals surface area contributed by atoms with Gasteiger partial charge in [0.1, 0.15) is 0 Å². The predicted octanol–water partition coefficient (Wildman–Crippen LogP) is 4.81. The summed E-state index contributed by atoms with van der Waals surface area (Å²) in [6.45, 7) is 0. The maximum atomic E-state index is 3.85. The van der Waals surface area contributed by atoms with E-state index in [2.05, 4.69) is 42.1 Å². The normalized spacial score (nSPS) is 28.2. The Morgan fingerprint density at radius 2 is 1.50 bits per heavy atom. The molecule has 2 bridgehead atoms. The van der Waals surface area contributed by atoms with Crippen LogP contribution in [0.1, 0.15) is 48.6 Å². The van der Waals surface area contributed by atoms with Gasteiger partial charge < -0.3 is 0 Å². The van der Waals surface area contributed by atoms with Crippen LogP contribution >= 0.6 is 27.3 Å². The van der Waals surface area contributed by atoms with Gasteiger partial charge in [0, 0.05) is 0 Å². The zero-order valence-corrected chi connectivity index (χ0v) is 15.5. The predicted molar refractivity (Wildman–Crippen MR) is 78.9 cm³/mol. The van der Waals surface area contributed by atoms with Gasteiger partial charge in [0.25, 0.3) is 0 Å². The first-order valence-electron chi connectivity index (χ1n) is 6.31. The minimum atomic E-state index is -1.89. The van der Waals surface area contributed by atoms with E-state index in [0.29, 0.717) is 0 Å². The second-order valence-electron chi connectivity index (χ2n) is 6.33. The van der Waals surface area contributed by atoms with Crippen molar-refractivity contribution in [3.05, 3.63) is 14.9 Å². The average molecular weight is 406 g/mol. The summed E-state index contributed by atoms with van der Waals surface area (Å²) in [7, 11) is 0. The topological polar surface area (TPSA) is 0 Å². The SMILES string of the molecule is [CH3][Sn]([CH3])([CH3])[c]1sc(Br)c2c1C1CCC2CC1. The van der Waals surface area contributed by atoms with Crippen LogP contribution in [0.25, 0.3) is 0 Å². The zero-order valence-electron chi connectivity index (χ0n) is 10.3. The van der Waals surface area contributed by atoms with Crippen molar-refractivity contribution in [2.75, 3.05) is 0 Å². The molecule has 0 radical (unpaired) electrons. The van der Waals surface area contributed by atoms with Crippen molar-refractivity contribution in [1.82, 2.24) is 0 Å². The van der Waals surface area contributed by atoms with Gasteiger partial charge in [-0.05, 0) is 0 Å². The molecular weight excluding hydrogens is 387 g/mol. The van der Waals surface area contributed by atoms with Crippen molar-refractivity contribution in [3.63, 3.8) is 0 Å². The number of hydrogen-bond donors (Lipinski definition) is 0. The van der Waals surface area contributed by atoms with Crippen LogP contribution in [-0.4, -0.2) is 18.4 Å². The molecule has 1 fully saturated rings. The molecule has 0 unspecified atom stereocenters. The fourth-order valence-electron chi connectivity index (χ4n) is 3.44. The monoisotopic (exact) mass is 406 g/mol. The maximum absolute atomic E-state index is 3.85. The van der Waals surface area contributed by atoms with Crippen LogP contribution in [-0.2, 0) is 0 Å². The molecule has 1 heterocycles. The molecule has 0 saturated heterocycles. The molecule has 4 rings (SSSR count). The van der Waals surface area contributed by atoms with Gasteiger partial charge >= 0.3 is 116 Å². The first-order valence-corrected chi connectivity index (χ1v) is 17.9. The van der Waals surface area contributed by atoms with Crippen LogP contribution in [0.15, 0.2) is 3.79 Å². The van der Waals surface area contributed by atoms with Crippen LogP contribution in [0.4, 0.5) is 0 Å². The van der Waals surface area contributed by atoms with Crippen LogP contribution in [0.5, 0.6) is 0 Å². The van der Waals surface area contributed by atoms with Crippen molar-refractivity contribution in [2.45, 2.75) is 52.3 Å². The third-order valence-corrected chi connectivity index (χ3v) is 15.5. The van der Waals surface area contributed by atoms with E-state index in [-0.39, 0.29) is 0 Å². The summed E-state index contributed by atoms with van der Waals surface area (Å²) in [5.41, 5.74) is 3.58. The Kier molecular flexibility index (Phi) is 3.00. The van der Waals surface area contributed by atoms with Gasteiger partial charge in [0.15, 0.2) is 0 Å². The summed E-state index contributed by atoms with van der Waals surface area (Å²) in [6.07, 6.45) is 5.84. The first kappa shape index (κ1) is 12.0. The summed E-state index contributed by atoms with van der Waals surface area (Å²) in [5.74, 6) is 1.82. The molecular formula is C13H19BrSSn. The van der Waals surface area contributed by atoms with E-state index in [4.69, 9.17) is 0 Å². The molecule has 3 aliphatic rings. The van der Waals surface area contributed by atoms with E-state index in [1.165, 1.54) is 29.5 Å². The number of thiophene rings is 1. The number of fused-ring (bicyclic) bond motifs is 2. The van der Waals surface area contributed by atoms with Gasteiger partial charge in [0.05, 0.1) is 0 Å². The fraction of sp³-hybridized carbons (Fsp3) is 0.692. The molecule has 1 aromatic rings. The Balaban J connectivity index is 2.21. The Morgan fingerprint density at radius 1 is 1.00 bits per heavy atom. The first-order chi connectivity index (χ1) is 7.48. The van der Waals surface area contributed by atoms with E-state index < -0.39 is 18.4 Å². The molecule has 0 atom stereocenters. The Labute approximate surface area is 115 Å². The summed E-state index contributed by atoms with van der Waals surface area (Å²) in [6, 6.07) is 0. The Morgan fingerprint density at radius 3 is 2.00 bits per heavy atom. The molecule has 0 aliphatic heterocycles. The summed E-state index contributed by atoms with van der Waals surface area (Å²) < 4.78 is 3.34. The van der Waals surface area contributed by atoms with E-state index in [0.717, 1.165) is 11.8 Å². The van der Waals surface area contributed by atoms with Crippen LogP contribution in [0.3, 0.4) is 0 Å². The van der Waals surface area contributed by atoms with Crippen molar-refractivity contribution in [3.8, 4) is 0 Å². The molecule has 0 aromatic carbocycles. The van der Waals surface area contributed by atoms with E-state index in [1.54, 1.807) is 5.56 Å². The standard InChI is InChI=1S/C10H10BrS.3CH3.Sn/c11-10-9-7-3-1-6(2-4-7)8(9)5-12-10;;;;/h6-7H,1-4H2;3*1H3;. The Hall–Kier alpha value is 0.979. The van der Waals surface area contributed by atoms with E-state index in [9.17, 15) is 0 Å². The van der Waals surface area contributed by atoms with Crippen molar-refractivity contribution < 1.29 is 0 Å². The fourth-order valence-corrected chi connectivity index (χ4v) is 13.8. The number of rotatable bonds is 1. The van der Waals surface area contributed by atoms with Gasteiger partial charge in [-0.1, -0.05) is 0 Å². The molecule has 0 amide bonds.